The van der Waals surface area contributed by atoms with Crippen molar-refractivity contribution in [1.29, 1.82) is 0 Å². The Balaban J connectivity index is 1.44. The minimum absolute atomic E-state index is 0.0895. The zero-order chi connectivity index (χ0) is 29.0. The average Bonchev–Trinajstić information content (AvgIpc) is 2.98. The summed E-state index contributed by atoms with van der Waals surface area (Å²) in [5.74, 6) is 0.434. The van der Waals surface area contributed by atoms with Crippen LogP contribution in [-0.2, 0) is 12.6 Å². The molecule has 0 unspecified atom stereocenters. The lowest BCUT2D eigenvalue weighted by Gasteiger charge is -2.31. The minimum Gasteiger partial charge on any atom is -0.437 e. The zero-order valence-electron chi connectivity index (χ0n) is 22.2. The number of hydrogen-bond donors (Lipinski definition) is 1. The van der Waals surface area contributed by atoms with E-state index in [2.05, 4.69) is 20.3 Å². The number of ether oxygens (including phenoxy) is 1. The Kier molecular flexibility index (Phi) is 8.39. The Labute approximate surface area is 240 Å². The van der Waals surface area contributed by atoms with Gasteiger partial charge in [-0.3, -0.25) is 4.79 Å². The van der Waals surface area contributed by atoms with E-state index in [0.717, 1.165) is 31.4 Å². The molecule has 1 N–H and O–H groups in total. The highest BCUT2D eigenvalue weighted by Gasteiger charge is 2.32. The van der Waals surface area contributed by atoms with E-state index in [0.29, 0.717) is 42.3 Å². The fourth-order valence-electron chi connectivity index (χ4n) is 4.63. The van der Waals surface area contributed by atoms with Gasteiger partial charge in [0.25, 0.3) is 5.91 Å². The van der Waals surface area contributed by atoms with Crippen molar-refractivity contribution >= 4 is 28.9 Å². The van der Waals surface area contributed by atoms with Gasteiger partial charge in [0.05, 0.1) is 33.2 Å². The third kappa shape index (κ3) is 6.59. The van der Waals surface area contributed by atoms with Gasteiger partial charge in [0.1, 0.15) is 11.6 Å². The second-order valence-corrected chi connectivity index (χ2v) is 9.95. The number of aromatic nitrogens is 3. The van der Waals surface area contributed by atoms with Gasteiger partial charge >= 0.3 is 6.18 Å². The van der Waals surface area contributed by atoms with Crippen molar-refractivity contribution in [3.8, 4) is 22.9 Å². The number of pyridine rings is 1. The molecule has 0 aliphatic carbocycles. The summed E-state index contributed by atoms with van der Waals surface area (Å²) in [4.78, 5) is 28.4. The van der Waals surface area contributed by atoms with E-state index in [4.69, 9.17) is 16.3 Å². The van der Waals surface area contributed by atoms with E-state index in [1.54, 1.807) is 30.6 Å². The first kappa shape index (κ1) is 28.4. The summed E-state index contributed by atoms with van der Waals surface area (Å²) in [6.07, 6.45) is 2.22. The molecule has 2 aromatic heterocycles. The summed E-state index contributed by atoms with van der Waals surface area (Å²) in [6.45, 7) is 3.35. The maximum atomic E-state index is 13.5. The van der Waals surface area contributed by atoms with Gasteiger partial charge in [0, 0.05) is 37.5 Å². The molecular formula is C30H27ClF3N5O2. The van der Waals surface area contributed by atoms with E-state index in [1.165, 1.54) is 24.3 Å². The SMILES string of the molecule is CCc1nccc(-c2cccnc2Oc2cc(C(=O)Nc3cc(C(F)(F)F)ccc3N3CCCCC3)ccc2Cl)n1. The number of rotatable bonds is 7. The molecule has 5 rings (SSSR count). The number of nitrogens with one attached hydrogen (secondary N) is 1. The molecule has 1 fully saturated rings. The van der Waals surface area contributed by atoms with E-state index in [1.807, 2.05) is 11.8 Å². The molecule has 1 saturated heterocycles. The van der Waals surface area contributed by atoms with Crippen LogP contribution in [0, 0.1) is 0 Å². The van der Waals surface area contributed by atoms with Crippen LogP contribution in [0.1, 0.15) is 47.9 Å². The Bertz CT molecular complexity index is 1560. The van der Waals surface area contributed by atoms with Crippen LogP contribution in [0.15, 0.2) is 67.0 Å². The molecular weight excluding hydrogens is 555 g/mol. The van der Waals surface area contributed by atoms with Gasteiger partial charge in [-0.1, -0.05) is 18.5 Å². The van der Waals surface area contributed by atoms with Crippen LogP contribution < -0.4 is 15.0 Å². The predicted octanol–water partition coefficient (Wildman–Crippen LogP) is 7.81. The summed E-state index contributed by atoms with van der Waals surface area (Å²) < 4.78 is 46.6. The number of anilines is 2. The van der Waals surface area contributed by atoms with Crippen molar-refractivity contribution in [3.05, 3.63) is 89.0 Å². The summed E-state index contributed by atoms with van der Waals surface area (Å²) in [7, 11) is 0. The first-order valence-electron chi connectivity index (χ1n) is 13.2. The highest BCUT2D eigenvalue weighted by atomic mass is 35.5. The second-order valence-electron chi connectivity index (χ2n) is 9.55. The first-order chi connectivity index (χ1) is 19.7. The molecule has 0 radical (unpaired) electrons. The van der Waals surface area contributed by atoms with Crippen molar-refractivity contribution in [3.63, 3.8) is 0 Å². The number of halogens is 4. The van der Waals surface area contributed by atoms with Crippen LogP contribution in [0.5, 0.6) is 11.6 Å². The zero-order valence-corrected chi connectivity index (χ0v) is 23.0. The van der Waals surface area contributed by atoms with Crippen molar-refractivity contribution in [2.75, 3.05) is 23.3 Å². The van der Waals surface area contributed by atoms with Gasteiger partial charge in [-0.2, -0.15) is 13.2 Å². The molecule has 0 saturated carbocycles. The molecule has 11 heteroatoms. The third-order valence-corrected chi connectivity index (χ3v) is 7.05. The number of carbonyl (C=O) groups is 1. The Hall–Kier alpha value is -4.18. The molecule has 1 aliphatic rings. The van der Waals surface area contributed by atoms with Crippen LogP contribution in [-0.4, -0.2) is 33.9 Å². The number of amides is 1. The number of carbonyl (C=O) groups excluding carboxylic acids is 1. The quantitative estimate of drug-likeness (QED) is 0.240. The van der Waals surface area contributed by atoms with Gasteiger partial charge in [0.15, 0.2) is 0 Å². The maximum Gasteiger partial charge on any atom is 0.416 e. The van der Waals surface area contributed by atoms with Crippen LogP contribution in [0.3, 0.4) is 0 Å². The summed E-state index contributed by atoms with van der Waals surface area (Å²) in [5.41, 5.74) is 1.16. The molecule has 41 heavy (non-hydrogen) atoms. The summed E-state index contributed by atoms with van der Waals surface area (Å²) >= 11 is 6.41. The summed E-state index contributed by atoms with van der Waals surface area (Å²) in [5, 5.41) is 2.91. The lowest BCUT2D eigenvalue weighted by Crippen LogP contribution is -2.30. The molecule has 0 bridgehead atoms. The van der Waals surface area contributed by atoms with E-state index < -0.39 is 17.6 Å². The number of alkyl halides is 3. The van der Waals surface area contributed by atoms with Gasteiger partial charge in [0.2, 0.25) is 5.88 Å². The molecule has 3 heterocycles. The number of nitrogens with zero attached hydrogens (tertiary/aromatic N) is 4. The normalized spacial score (nSPS) is 13.6. The van der Waals surface area contributed by atoms with E-state index in [9.17, 15) is 18.0 Å². The van der Waals surface area contributed by atoms with Crippen LogP contribution in [0.4, 0.5) is 24.5 Å². The number of aryl methyl sites for hydroxylation is 1. The molecule has 0 spiro atoms. The molecule has 1 aliphatic heterocycles. The molecule has 1 amide bonds. The average molecular weight is 582 g/mol. The van der Waals surface area contributed by atoms with Gasteiger partial charge in [-0.15, -0.1) is 0 Å². The monoisotopic (exact) mass is 581 g/mol. The molecule has 7 nitrogen and oxygen atoms in total. The number of benzene rings is 2. The van der Waals surface area contributed by atoms with Crippen molar-refractivity contribution in [2.24, 2.45) is 0 Å². The van der Waals surface area contributed by atoms with E-state index in [-0.39, 0.29) is 27.9 Å². The standard InChI is InChI=1S/C30H27ClF3N5O2/c1-2-27-35-14-12-23(37-27)21-7-6-13-36-29(21)41-26-17-19(8-10-22(26)31)28(40)38-24-18-20(30(32,33)34)9-11-25(24)39-15-4-3-5-16-39/h6-14,17-18H,2-5,15-16H2,1H3,(H,38,40). The largest absolute Gasteiger partial charge is 0.437 e. The van der Waals surface area contributed by atoms with Gasteiger partial charge < -0.3 is 15.0 Å². The first-order valence-corrected chi connectivity index (χ1v) is 13.6. The third-order valence-electron chi connectivity index (χ3n) is 6.74. The van der Waals surface area contributed by atoms with Gasteiger partial charge in [-0.25, -0.2) is 15.0 Å². The smallest absolute Gasteiger partial charge is 0.416 e. The Morgan fingerprint density at radius 2 is 1.83 bits per heavy atom. The number of hydrogen-bond acceptors (Lipinski definition) is 6. The highest BCUT2D eigenvalue weighted by molar-refractivity contribution is 6.32. The van der Waals surface area contributed by atoms with Crippen molar-refractivity contribution < 1.29 is 22.7 Å². The predicted molar refractivity (Wildman–Crippen MR) is 152 cm³/mol. The fraction of sp³-hybridized carbons (Fsp3) is 0.267. The van der Waals surface area contributed by atoms with Crippen LogP contribution in [0.2, 0.25) is 5.02 Å². The topological polar surface area (TPSA) is 80.2 Å². The van der Waals surface area contributed by atoms with Crippen LogP contribution in [0.25, 0.3) is 11.3 Å². The minimum atomic E-state index is -4.55. The number of piperidine rings is 1. The fourth-order valence-corrected chi connectivity index (χ4v) is 4.79. The highest BCUT2D eigenvalue weighted by Crippen LogP contribution is 2.38. The molecule has 2 aromatic carbocycles. The summed E-state index contributed by atoms with van der Waals surface area (Å²) in [6, 6.07) is 13.1. The van der Waals surface area contributed by atoms with Crippen molar-refractivity contribution in [2.45, 2.75) is 38.8 Å². The molecule has 0 atom stereocenters. The second kappa shape index (κ2) is 12.1. The molecule has 212 valence electrons. The van der Waals surface area contributed by atoms with E-state index >= 15 is 0 Å². The lowest BCUT2D eigenvalue weighted by atomic mass is 10.1. The maximum absolute atomic E-state index is 13.5. The lowest BCUT2D eigenvalue weighted by molar-refractivity contribution is -0.137. The molecule has 4 aromatic rings. The van der Waals surface area contributed by atoms with Gasteiger partial charge in [-0.05, 0) is 73.9 Å². The van der Waals surface area contributed by atoms with Crippen LogP contribution >= 0.6 is 11.6 Å². The Morgan fingerprint density at radius 1 is 1.02 bits per heavy atom. The Morgan fingerprint density at radius 3 is 2.59 bits per heavy atom. The van der Waals surface area contributed by atoms with Crippen molar-refractivity contribution in [1.82, 2.24) is 15.0 Å².